The molecule has 1 heterocycles. The van der Waals surface area contributed by atoms with Gasteiger partial charge in [0.2, 0.25) is 0 Å². The molecule has 2 rings (SSSR count). The van der Waals surface area contributed by atoms with Crippen LogP contribution in [0.4, 0.5) is 10.2 Å². The molecule has 0 spiro atoms. The van der Waals surface area contributed by atoms with Gasteiger partial charge in [-0.25, -0.2) is 9.37 Å². The molecule has 0 amide bonds. The van der Waals surface area contributed by atoms with Crippen LogP contribution in [0.5, 0.6) is 5.75 Å². The van der Waals surface area contributed by atoms with Crippen LogP contribution in [0.15, 0.2) is 36.5 Å². The topological polar surface area (TPSA) is 45.6 Å². The number of aliphatic hydroxyl groups excluding tert-OH is 1. The summed E-state index contributed by atoms with van der Waals surface area (Å²) in [7, 11) is 3.37. The Kier molecular flexibility index (Phi) is 4.53. The van der Waals surface area contributed by atoms with Crippen molar-refractivity contribution in [2.75, 3.05) is 19.1 Å². The summed E-state index contributed by atoms with van der Waals surface area (Å²) in [5.74, 6) is 0.529. The van der Waals surface area contributed by atoms with Crippen LogP contribution in [-0.4, -0.2) is 24.2 Å². The Labute approximate surface area is 117 Å². The maximum atomic E-state index is 14.1. The summed E-state index contributed by atoms with van der Waals surface area (Å²) < 4.78 is 19.2. The summed E-state index contributed by atoms with van der Waals surface area (Å²) in [6, 6.07) is 9.03. The summed E-state index contributed by atoms with van der Waals surface area (Å²) in [6.07, 6.45) is 1.49. The first-order valence-corrected chi connectivity index (χ1v) is 6.24. The largest absolute Gasteiger partial charge is 0.497 e. The molecule has 20 heavy (non-hydrogen) atoms. The molecule has 0 aliphatic carbocycles. The number of aliphatic hydroxyl groups is 1. The number of hydrogen-bond acceptors (Lipinski definition) is 4. The number of aromatic nitrogens is 1. The van der Waals surface area contributed by atoms with Crippen molar-refractivity contribution in [2.24, 2.45) is 0 Å². The fraction of sp³-hybridized carbons (Fsp3) is 0.267. The van der Waals surface area contributed by atoms with Gasteiger partial charge < -0.3 is 14.7 Å². The SMILES string of the molecule is COc1ccc(CN(C)c2nccc(CO)c2F)cc1. The van der Waals surface area contributed by atoms with Crippen LogP contribution in [0.25, 0.3) is 0 Å². The van der Waals surface area contributed by atoms with E-state index in [0.717, 1.165) is 11.3 Å². The van der Waals surface area contributed by atoms with Gasteiger partial charge in [-0.1, -0.05) is 12.1 Å². The number of pyridine rings is 1. The highest BCUT2D eigenvalue weighted by Gasteiger charge is 2.13. The van der Waals surface area contributed by atoms with Gasteiger partial charge in [0.25, 0.3) is 0 Å². The van der Waals surface area contributed by atoms with E-state index < -0.39 is 5.82 Å². The Morgan fingerprint density at radius 1 is 1.25 bits per heavy atom. The van der Waals surface area contributed by atoms with Crippen molar-refractivity contribution in [1.82, 2.24) is 4.98 Å². The number of ether oxygens (including phenoxy) is 1. The molecule has 0 aliphatic rings. The van der Waals surface area contributed by atoms with Gasteiger partial charge in [0.1, 0.15) is 5.75 Å². The fourth-order valence-corrected chi connectivity index (χ4v) is 1.94. The van der Waals surface area contributed by atoms with E-state index in [1.54, 1.807) is 19.1 Å². The lowest BCUT2D eigenvalue weighted by Gasteiger charge is -2.19. The van der Waals surface area contributed by atoms with Crippen LogP contribution in [0.2, 0.25) is 0 Å². The Bertz CT molecular complexity index is 573. The monoisotopic (exact) mass is 276 g/mol. The van der Waals surface area contributed by atoms with Crippen LogP contribution in [0, 0.1) is 5.82 Å². The molecule has 0 radical (unpaired) electrons. The molecule has 1 aromatic carbocycles. The summed E-state index contributed by atoms with van der Waals surface area (Å²) in [5, 5.41) is 9.07. The smallest absolute Gasteiger partial charge is 0.171 e. The van der Waals surface area contributed by atoms with Crippen LogP contribution >= 0.6 is 0 Å². The van der Waals surface area contributed by atoms with E-state index >= 15 is 0 Å². The average molecular weight is 276 g/mol. The van der Waals surface area contributed by atoms with Crippen LogP contribution in [0.1, 0.15) is 11.1 Å². The molecule has 2 aromatic rings. The Balaban J connectivity index is 2.16. The fourth-order valence-electron chi connectivity index (χ4n) is 1.94. The van der Waals surface area contributed by atoms with Crippen LogP contribution in [0.3, 0.4) is 0 Å². The number of methoxy groups -OCH3 is 1. The van der Waals surface area contributed by atoms with Crippen molar-refractivity contribution in [1.29, 1.82) is 0 Å². The van der Waals surface area contributed by atoms with E-state index in [1.807, 2.05) is 24.3 Å². The number of nitrogens with zero attached hydrogens (tertiary/aromatic N) is 2. The van der Waals surface area contributed by atoms with Gasteiger partial charge >= 0.3 is 0 Å². The summed E-state index contributed by atoms with van der Waals surface area (Å²) >= 11 is 0. The minimum absolute atomic E-state index is 0.229. The maximum Gasteiger partial charge on any atom is 0.171 e. The van der Waals surface area contributed by atoms with E-state index in [9.17, 15) is 4.39 Å². The highest BCUT2D eigenvalue weighted by Crippen LogP contribution is 2.21. The molecule has 4 nitrogen and oxygen atoms in total. The zero-order chi connectivity index (χ0) is 14.5. The molecule has 0 aliphatic heterocycles. The number of benzene rings is 1. The number of halogens is 1. The highest BCUT2D eigenvalue weighted by atomic mass is 19.1. The molecular weight excluding hydrogens is 259 g/mol. The molecule has 1 N–H and O–H groups in total. The number of hydrogen-bond donors (Lipinski definition) is 1. The van der Waals surface area contributed by atoms with Crippen molar-refractivity contribution in [3.63, 3.8) is 0 Å². The molecule has 106 valence electrons. The Hall–Kier alpha value is -2.14. The van der Waals surface area contributed by atoms with Gasteiger partial charge in [-0.2, -0.15) is 0 Å². The van der Waals surface area contributed by atoms with E-state index in [2.05, 4.69) is 4.98 Å². The third-order valence-electron chi connectivity index (χ3n) is 3.06. The van der Waals surface area contributed by atoms with Crippen molar-refractivity contribution < 1.29 is 14.2 Å². The molecule has 5 heteroatoms. The van der Waals surface area contributed by atoms with Crippen molar-refractivity contribution >= 4 is 5.82 Å². The first-order valence-electron chi connectivity index (χ1n) is 6.24. The molecule has 0 atom stereocenters. The quantitative estimate of drug-likeness (QED) is 0.910. The summed E-state index contributed by atoms with van der Waals surface area (Å²) in [4.78, 5) is 5.74. The zero-order valence-corrected chi connectivity index (χ0v) is 11.5. The number of rotatable bonds is 5. The van der Waals surface area contributed by atoms with Gasteiger partial charge in [-0.15, -0.1) is 0 Å². The second-order valence-corrected chi connectivity index (χ2v) is 4.47. The summed E-state index contributed by atoms with van der Waals surface area (Å²) in [5.41, 5.74) is 1.26. The first-order chi connectivity index (χ1) is 9.65. The lowest BCUT2D eigenvalue weighted by molar-refractivity contribution is 0.275. The van der Waals surface area contributed by atoms with E-state index in [1.165, 1.54) is 12.3 Å². The van der Waals surface area contributed by atoms with Crippen LogP contribution < -0.4 is 9.64 Å². The lowest BCUT2D eigenvalue weighted by atomic mass is 10.2. The van der Waals surface area contributed by atoms with Gasteiger partial charge in [0.05, 0.1) is 13.7 Å². The molecule has 0 fully saturated rings. The van der Waals surface area contributed by atoms with Gasteiger partial charge in [0, 0.05) is 25.4 Å². The maximum absolute atomic E-state index is 14.1. The zero-order valence-electron chi connectivity index (χ0n) is 11.5. The Morgan fingerprint density at radius 3 is 2.55 bits per heavy atom. The molecule has 0 saturated carbocycles. The van der Waals surface area contributed by atoms with Crippen molar-refractivity contribution in [2.45, 2.75) is 13.2 Å². The first kappa shape index (κ1) is 14.3. The van der Waals surface area contributed by atoms with Crippen molar-refractivity contribution in [3.8, 4) is 5.75 Å². The molecule has 0 bridgehead atoms. The lowest BCUT2D eigenvalue weighted by Crippen LogP contribution is -2.19. The van der Waals surface area contributed by atoms with Gasteiger partial charge in [0.15, 0.2) is 11.6 Å². The number of anilines is 1. The second-order valence-electron chi connectivity index (χ2n) is 4.47. The summed E-state index contributed by atoms with van der Waals surface area (Å²) in [6.45, 7) is 0.181. The highest BCUT2D eigenvalue weighted by molar-refractivity contribution is 5.43. The minimum atomic E-state index is -0.481. The normalized spacial score (nSPS) is 10.4. The molecular formula is C15H17FN2O2. The van der Waals surface area contributed by atoms with Gasteiger partial charge in [-0.3, -0.25) is 0 Å². The molecule has 1 aromatic heterocycles. The second kappa shape index (κ2) is 6.34. The third kappa shape index (κ3) is 3.05. The van der Waals surface area contributed by atoms with E-state index in [4.69, 9.17) is 9.84 Å². The van der Waals surface area contributed by atoms with E-state index in [0.29, 0.717) is 6.54 Å². The predicted molar refractivity (Wildman–Crippen MR) is 75.2 cm³/mol. The van der Waals surface area contributed by atoms with Gasteiger partial charge in [-0.05, 0) is 23.8 Å². The molecule has 0 unspecified atom stereocenters. The minimum Gasteiger partial charge on any atom is -0.497 e. The average Bonchev–Trinajstić information content (AvgIpc) is 2.48. The third-order valence-corrected chi connectivity index (χ3v) is 3.06. The Morgan fingerprint density at radius 2 is 1.95 bits per heavy atom. The van der Waals surface area contributed by atoms with Crippen LogP contribution in [-0.2, 0) is 13.2 Å². The van der Waals surface area contributed by atoms with Crippen molar-refractivity contribution in [3.05, 3.63) is 53.5 Å². The molecule has 0 saturated heterocycles. The standard InChI is InChI=1S/C15H17FN2O2/c1-18(9-11-3-5-13(20-2)6-4-11)15-14(16)12(10-19)7-8-17-15/h3-8,19H,9-10H2,1-2H3. The van der Waals surface area contributed by atoms with E-state index in [-0.39, 0.29) is 18.0 Å². The predicted octanol–water partition coefficient (Wildman–Crippen LogP) is 2.36.